The Morgan fingerprint density at radius 1 is 0.294 bits per heavy atom. The van der Waals surface area contributed by atoms with Gasteiger partial charge in [0, 0.05) is 0 Å². The summed E-state index contributed by atoms with van der Waals surface area (Å²) in [7, 11) is 0. The van der Waals surface area contributed by atoms with Crippen molar-refractivity contribution in [2.24, 2.45) is 0 Å². The molecule has 0 unspecified atom stereocenters. The fourth-order valence-electron chi connectivity index (χ4n) is 0. The van der Waals surface area contributed by atoms with E-state index in [0.29, 0.717) is 0 Å². The monoisotopic (exact) mass is 424 g/mol. The Morgan fingerprint density at radius 2 is 0.294 bits per heavy atom. The zero-order valence-electron chi connectivity index (χ0n) is 9.24. The van der Waals surface area contributed by atoms with Gasteiger partial charge in [-0.3, -0.25) is 0 Å². The van der Waals surface area contributed by atoms with E-state index in [1.165, 1.54) is 0 Å². The van der Waals surface area contributed by atoms with Gasteiger partial charge < -0.3 is 49.3 Å². The number of hydrogen-bond donors (Lipinski definition) is 0. The number of rotatable bonds is 0. The van der Waals surface area contributed by atoms with E-state index >= 15 is 0 Å². The quantitative estimate of drug-likeness (QED) is 0.329. The van der Waals surface area contributed by atoms with E-state index in [2.05, 4.69) is 0 Å². The second kappa shape index (κ2) is 335. The van der Waals surface area contributed by atoms with Crippen LogP contribution >= 0.6 is 0 Å². The van der Waals surface area contributed by atoms with Crippen LogP contribution in [0, 0.1) is 0 Å². The Kier molecular flexibility index (Phi) is 7610. The van der Waals surface area contributed by atoms with Gasteiger partial charge in [-0.05, 0) is 0 Å². The van der Waals surface area contributed by atoms with E-state index in [1.807, 2.05) is 0 Å². The maximum absolute atomic E-state index is 0. The van der Waals surface area contributed by atoms with Crippen LogP contribution in [0.5, 0.6) is 0 Å². The summed E-state index contributed by atoms with van der Waals surface area (Å²) in [5.41, 5.74) is 0. The normalized spacial score (nSPS) is 0. The van der Waals surface area contributed by atoms with Crippen LogP contribution in [0.1, 0.15) is 0 Å². The van der Waals surface area contributed by atoms with Crippen LogP contribution in [0.2, 0.25) is 0 Å². The first kappa shape index (κ1) is 386. The molecule has 0 spiro atoms. The van der Waals surface area contributed by atoms with Crippen molar-refractivity contribution >= 4 is 0 Å². The zero-order chi connectivity index (χ0) is 0. The molecule has 0 aromatic heterocycles. The molecule has 0 atom stereocenters. The fourth-order valence-corrected chi connectivity index (χ4v) is 0. The molecule has 0 aromatic carbocycles. The molecule has 17 heavy (non-hydrogen) atoms. The van der Waals surface area contributed by atoms with Crippen molar-refractivity contribution in [1.82, 2.24) is 0 Å². The average molecular weight is 424 g/mol. The molecule has 0 aliphatic heterocycles. The second-order valence-electron chi connectivity index (χ2n) is 0. The van der Waals surface area contributed by atoms with E-state index < -0.39 is 0 Å². The summed E-state index contributed by atoms with van der Waals surface area (Å²) in [6.07, 6.45) is 0. The van der Waals surface area contributed by atoms with E-state index in [-0.39, 0.29) is 217 Å². The Hall–Kier alpha value is 5.02. The van der Waals surface area contributed by atoms with Crippen LogP contribution < -0.4 is 96.8 Å². The first-order valence-corrected chi connectivity index (χ1v) is 0. The minimum absolute atomic E-state index is 0. The summed E-state index contributed by atoms with van der Waals surface area (Å²) in [5, 5.41) is 0. The fraction of sp³-hybridized carbons (Fsp3) is 0. The summed E-state index contributed by atoms with van der Waals surface area (Å²) in [4.78, 5) is 0. The molecule has 0 saturated carbocycles. The molecule has 0 saturated heterocycles. The van der Waals surface area contributed by atoms with Crippen molar-refractivity contribution in [3.05, 3.63) is 0 Å². The first-order valence-electron chi connectivity index (χ1n) is 0. The topological polar surface area (TPSA) is 256 Å². The SMILES string of the molecule is [Co+2].[Co+2].[Li+].[Li+].[Na+].[Na+].[O-2].[O-2].[O-2].[O-2].[O-2].[O-2].[O-2].[O-2].[O-2].[V+5].[V+5]. The maximum Gasteiger partial charge on any atom is 5.00 e. The van der Waals surface area contributed by atoms with Gasteiger partial charge in [-0.2, -0.15) is 0 Å². The molecular formula is Co2Li2Na2O9V2. The third-order valence-corrected chi connectivity index (χ3v) is 0. The summed E-state index contributed by atoms with van der Waals surface area (Å²) >= 11 is 0. The molecule has 86 valence electrons. The van der Waals surface area contributed by atoms with E-state index in [0.717, 1.165) is 0 Å². The van der Waals surface area contributed by atoms with Crippen LogP contribution in [0.25, 0.3) is 0 Å². The molecule has 0 heterocycles. The Labute approximate surface area is 213 Å². The minimum Gasteiger partial charge on any atom is -2.00 e. The average Bonchev–Trinajstić information content (AvgIpc) is 0. The van der Waals surface area contributed by atoms with E-state index in [9.17, 15) is 0 Å². The van der Waals surface area contributed by atoms with Gasteiger partial charge in [0.05, 0.1) is 0 Å². The molecule has 0 amide bonds. The van der Waals surface area contributed by atoms with Crippen LogP contribution in [0.4, 0.5) is 0 Å². The van der Waals surface area contributed by atoms with Gasteiger partial charge >= 0.3 is 168 Å². The Balaban J connectivity index is 0. The van der Waals surface area contributed by atoms with Crippen molar-refractivity contribution in [1.29, 1.82) is 0 Å². The molecule has 0 aliphatic carbocycles. The molecule has 0 rings (SSSR count). The molecule has 2 radical (unpaired) electrons. The molecule has 0 fully saturated rings. The first-order chi connectivity index (χ1) is 0. The third kappa shape index (κ3) is 302. The Morgan fingerprint density at radius 3 is 0.294 bits per heavy atom. The van der Waals surface area contributed by atoms with Crippen molar-refractivity contribution in [3.8, 4) is 0 Å². The van der Waals surface area contributed by atoms with Gasteiger partial charge in [0.1, 0.15) is 0 Å². The van der Waals surface area contributed by atoms with Gasteiger partial charge in [0.25, 0.3) is 0 Å². The van der Waals surface area contributed by atoms with Gasteiger partial charge in [-0.25, -0.2) is 0 Å². The minimum atomic E-state index is 0. The standard InChI is InChI=1S/2Co.2Li.2Na.9O.2V/q2*+2;4*+1;9*-2;2*+5. The van der Waals surface area contributed by atoms with Gasteiger partial charge in [-0.15, -0.1) is 0 Å². The van der Waals surface area contributed by atoms with Crippen LogP contribution in [0.3, 0.4) is 0 Å². The predicted molar refractivity (Wildman–Crippen MR) is 6.18 cm³/mol. The van der Waals surface area contributed by atoms with Crippen molar-refractivity contribution < 1.29 is 217 Å². The van der Waals surface area contributed by atoms with Gasteiger partial charge in [0.15, 0.2) is 0 Å². The molecule has 0 aromatic rings. The number of hydrogen-bond acceptors (Lipinski definition) is 0. The van der Waals surface area contributed by atoms with Gasteiger partial charge in [0.2, 0.25) is 0 Å². The summed E-state index contributed by atoms with van der Waals surface area (Å²) in [6.45, 7) is 0. The third-order valence-electron chi connectivity index (χ3n) is 0. The van der Waals surface area contributed by atoms with E-state index in [4.69, 9.17) is 0 Å². The molecule has 0 aliphatic rings. The van der Waals surface area contributed by atoms with Crippen LogP contribution in [0.15, 0.2) is 0 Å². The second-order valence-corrected chi connectivity index (χ2v) is 0. The zero-order valence-corrected chi connectivity index (χ0v) is 18.1. The van der Waals surface area contributed by atoms with Gasteiger partial charge in [-0.1, -0.05) is 0 Å². The predicted octanol–water partition coefficient (Wildman–Crippen LogP) is -13.1. The Bertz CT molecular complexity index is 33.0. The molecule has 9 nitrogen and oxygen atoms in total. The molecule has 0 bridgehead atoms. The largest absolute Gasteiger partial charge is 5.00 e. The molecule has 0 N–H and O–H groups in total. The molecular weight excluding hydrogens is 424 g/mol. The smallest absolute Gasteiger partial charge is 2.00 e. The van der Waals surface area contributed by atoms with Crippen molar-refractivity contribution in [2.45, 2.75) is 0 Å². The summed E-state index contributed by atoms with van der Waals surface area (Å²) in [6, 6.07) is 0. The summed E-state index contributed by atoms with van der Waals surface area (Å²) < 4.78 is 0. The van der Waals surface area contributed by atoms with Crippen LogP contribution in [-0.2, 0) is 120 Å². The molecule has 17 heteroatoms. The van der Waals surface area contributed by atoms with E-state index in [1.54, 1.807) is 0 Å². The van der Waals surface area contributed by atoms with Crippen molar-refractivity contribution in [2.75, 3.05) is 0 Å². The van der Waals surface area contributed by atoms with Crippen LogP contribution in [-0.4, -0.2) is 0 Å². The van der Waals surface area contributed by atoms with Crippen molar-refractivity contribution in [3.63, 3.8) is 0 Å². The summed E-state index contributed by atoms with van der Waals surface area (Å²) in [5.74, 6) is 0. The maximum atomic E-state index is 0.